The van der Waals surface area contributed by atoms with E-state index in [2.05, 4.69) is 0 Å². The normalized spacial score (nSPS) is 22.2. The van der Waals surface area contributed by atoms with E-state index < -0.39 is 11.7 Å². The Morgan fingerprint density at radius 1 is 1.42 bits per heavy atom. The van der Waals surface area contributed by atoms with Crippen LogP contribution in [0.2, 0.25) is 0 Å². The number of nitriles is 1. The summed E-state index contributed by atoms with van der Waals surface area (Å²) in [7, 11) is 0. The largest absolute Gasteiger partial charge is 0.285 e. The molecular formula is C9H15FN2. The summed E-state index contributed by atoms with van der Waals surface area (Å²) in [5.41, 5.74) is -1.40. The van der Waals surface area contributed by atoms with Gasteiger partial charge in [0.15, 0.2) is 0 Å². The quantitative estimate of drug-likeness (QED) is 0.631. The van der Waals surface area contributed by atoms with Gasteiger partial charge in [-0.25, -0.2) is 4.39 Å². The maximum Gasteiger partial charge on any atom is 0.134 e. The van der Waals surface area contributed by atoms with Gasteiger partial charge in [-0.1, -0.05) is 0 Å². The summed E-state index contributed by atoms with van der Waals surface area (Å²) in [5.74, 6) is 0. The first-order valence-corrected chi connectivity index (χ1v) is 4.38. The van der Waals surface area contributed by atoms with Crippen LogP contribution >= 0.6 is 0 Å². The van der Waals surface area contributed by atoms with Crippen LogP contribution in [0, 0.1) is 11.3 Å². The third-order valence-electron chi connectivity index (χ3n) is 2.28. The summed E-state index contributed by atoms with van der Waals surface area (Å²) in [6.07, 6.45) is 2.18. The van der Waals surface area contributed by atoms with Gasteiger partial charge in [-0.2, -0.15) is 5.26 Å². The minimum absolute atomic E-state index is 0.569. The van der Waals surface area contributed by atoms with Crippen molar-refractivity contribution in [1.82, 2.24) is 4.90 Å². The Kier molecular flexibility index (Phi) is 2.69. The molecule has 1 fully saturated rings. The molecule has 1 atom stereocenters. The van der Waals surface area contributed by atoms with Crippen molar-refractivity contribution in [3.63, 3.8) is 0 Å². The summed E-state index contributed by atoms with van der Waals surface area (Å²) >= 11 is 0. The lowest BCUT2D eigenvalue weighted by Gasteiger charge is -2.29. The third-order valence-corrected chi connectivity index (χ3v) is 2.28. The fourth-order valence-electron chi connectivity index (χ4n) is 1.67. The van der Waals surface area contributed by atoms with Crippen molar-refractivity contribution < 1.29 is 4.39 Å². The van der Waals surface area contributed by atoms with Gasteiger partial charge in [-0.15, -0.1) is 0 Å². The number of hydrogen-bond acceptors (Lipinski definition) is 2. The molecule has 68 valence electrons. The molecule has 1 aliphatic heterocycles. The Morgan fingerprint density at radius 2 is 1.92 bits per heavy atom. The summed E-state index contributed by atoms with van der Waals surface area (Å²) in [6.45, 7) is 4.68. The zero-order valence-corrected chi connectivity index (χ0v) is 7.68. The number of hydrogen-bond donors (Lipinski definition) is 0. The molecular weight excluding hydrogens is 155 g/mol. The molecule has 0 unspecified atom stereocenters. The Labute approximate surface area is 73.0 Å². The maximum atomic E-state index is 13.4. The zero-order valence-electron chi connectivity index (χ0n) is 7.68. The Balaban J connectivity index is 2.63. The predicted octanol–water partition coefficient (Wildman–Crippen LogP) is 1.72. The molecule has 0 saturated carbocycles. The fraction of sp³-hybridized carbons (Fsp3) is 0.889. The molecule has 1 rings (SSSR count). The molecule has 12 heavy (non-hydrogen) atoms. The van der Waals surface area contributed by atoms with Crippen molar-refractivity contribution in [2.24, 2.45) is 0 Å². The number of rotatable bonds is 2. The van der Waals surface area contributed by atoms with Crippen LogP contribution in [0.15, 0.2) is 0 Å². The van der Waals surface area contributed by atoms with Crippen LogP contribution in [0.3, 0.4) is 0 Å². The molecule has 0 aromatic heterocycles. The molecule has 2 nitrogen and oxygen atoms in total. The number of alkyl halides is 1. The van der Waals surface area contributed by atoms with Crippen LogP contribution in [0.4, 0.5) is 4.39 Å². The first-order valence-electron chi connectivity index (χ1n) is 4.38. The van der Waals surface area contributed by atoms with Crippen LogP contribution < -0.4 is 0 Å². The van der Waals surface area contributed by atoms with Gasteiger partial charge < -0.3 is 0 Å². The van der Waals surface area contributed by atoms with Crippen molar-refractivity contribution in [1.29, 1.82) is 5.26 Å². The van der Waals surface area contributed by atoms with E-state index in [1.807, 2.05) is 11.0 Å². The van der Waals surface area contributed by atoms with Gasteiger partial charge in [-0.05, 0) is 39.8 Å². The van der Waals surface area contributed by atoms with Crippen LogP contribution in [-0.2, 0) is 0 Å². The molecule has 0 radical (unpaired) electrons. The van der Waals surface area contributed by atoms with Crippen molar-refractivity contribution in [2.75, 3.05) is 13.1 Å². The van der Waals surface area contributed by atoms with E-state index in [0.717, 1.165) is 25.9 Å². The molecule has 0 aliphatic carbocycles. The van der Waals surface area contributed by atoms with Crippen LogP contribution in [0.5, 0.6) is 0 Å². The van der Waals surface area contributed by atoms with Gasteiger partial charge in [-0.3, -0.25) is 4.90 Å². The SMILES string of the molecule is CC(C)(F)[C@H](C#N)N1CCCC1. The molecule has 3 heteroatoms. The van der Waals surface area contributed by atoms with Gasteiger partial charge >= 0.3 is 0 Å². The molecule has 0 N–H and O–H groups in total. The highest BCUT2D eigenvalue weighted by Gasteiger charge is 2.35. The number of likely N-dealkylation sites (tertiary alicyclic amines) is 1. The van der Waals surface area contributed by atoms with Crippen molar-refractivity contribution in [3.8, 4) is 6.07 Å². The topological polar surface area (TPSA) is 27.0 Å². The number of halogens is 1. The standard InChI is InChI=1S/C9H15FN2/c1-9(2,10)8(7-11)12-5-3-4-6-12/h8H,3-6H2,1-2H3/t8-/m0/s1. The molecule has 0 spiro atoms. The van der Waals surface area contributed by atoms with Gasteiger partial charge in [0.1, 0.15) is 11.7 Å². The first-order chi connectivity index (χ1) is 5.55. The molecule has 1 saturated heterocycles. The van der Waals surface area contributed by atoms with Gasteiger partial charge in [0, 0.05) is 0 Å². The molecule has 0 aromatic carbocycles. The Morgan fingerprint density at radius 3 is 2.25 bits per heavy atom. The van der Waals surface area contributed by atoms with Gasteiger partial charge in [0.25, 0.3) is 0 Å². The third kappa shape index (κ3) is 1.95. The van der Waals surface area contributed by atoms with Gasteiger partial charge in [0.2, 0.25) is 0 Å². The minimum atomic E-state index is -1.40. The lowest BCUT2D eigenvalue weighted by molar-refractivity contribution is 0.0998. The zero-order chi connectivity index (χ0) is 9.19. The first kappa shape index (κ1) is 9.47. The molecule has 0 aromatic rings. The van der Waals surface area contributed by atoms with Crippen LogP contribution in [0.25, 0.3) is 0 Å². The van der Waals surface area contributed by atoms with Crippen molar-refractivity contribution in [3.05, 3.63) is 0 Å². The van der Waals surface area contributed by atoms with Gasteiger partial charge in [0.05, 0.1) is 6.07 Å². The highest BCUT2D eigenvalue weighted by atomic mass is 19.1. The average Bonchev–Trinajstić information content (AvgIpc) is 2.38. The summed E-state index contributed by atoms with van der Waals surface area (Å²) in [4.78, 5) is 1.93. The second kappa shape index (κ2) is 3.40. The average molecular weight is 170 g/mol. The maximum absolute atomic E-state index is 13.4. The fourth-order valence-corrected chi connectivity index (χ4v) is 1.67. The molecule has 1 aliphatic rings. The van der Waals surface area contributed by atoms with Crippen molar-refractivity contribution >= 4 is 0 Å². The van der Waals surface area contributed by atoms with Crippen LogP contribution in [-0.4, -0.2) is 29.7 Å². The predicted molar refractivity (Wildman–Crippen MR) is 45.4 cm³/mol. The Hall–Kier alpha value is -0.620. The molecule has 0 amide bonds. The van der Waals surface area contributed by atoms with Crippen molar-refractivity contribution in [2.45, 2.75) is 38.4 Å². The summed E-state index contributed by atoms with van der Waals surface area (Å²) in [5, 5.41) is 8.79. The lowest BCUT2D eigenvalue weighted by Crippen LogP contribution is -2.44. The highest BCUT2D eigenvalue weighted by molar-refractivity contribution is 5.03. The lowest BCUT2D eigenvalue weighted by atomic mass is 10.0. The smallest absolute Gasteiger partial charge is 0.134 e. The number of nitrogens with zero attached hydrogens (tertiary/aromatic N) is 2. The summed E-state index contributed by atoms with van der Waals surface area (Å²) in [6, 6.07) is 1.47. The van der Waals surface area contributed by atoms with E-state index in [4.69, 9.17) is 5.26 Å². The minimum Gasteiger partial charge on any atom is -0.285 e. The Bertz CT molecular complexity index is 184. The van der Waals surface area contributed by atoms with E-state index in [1.165, 1.54) is 13.8 Å². The highest BCUT2D eigenvalue weighted by Crippen LogP contribution is 2.23. The molecule has 0 bridgehead atoms. The second-order valence-electron chi connectivity index (χ2n) is 3.84. The summed E-state index contributed by atoms with van der Waals surface area (Å²) < 4.78 is 13.4. The van der Waals surface area contributed by atoms with E-state index in [0.29, 0.717) is 0 Å². The van der Waals surface area contributed by atoms with E-state index >= 15 is 0 Å². The monoisotopic (exact) mass is 170 g/mol. The second-order valence-corrected chi connectivity index (χ2v) is 3.84. The van der Waals surface area contributed by atoms with Crippen LogP contribution in [0.1, 0.15) is 26.7 Å². The molecule has 1 heterocycles. The van der Waals surface area contributed by atoms with E-state index in [1.54, 1.807) is 0 Å². The van der Waals surface area contributed by atoms with E-state index in [9.17, 15) is 4.39 Å². The van der Waals surface area contributed by atoms with E-state index in [-0.39, 0.29) is 0 Å².